The molecule has 1 rings (SSSR count). The summed E-state index contributed by atoms with van der Waals surface area (Å²) in [6.45, 7) is 3.68. The summed E-state index contributed by atoms with van der Waals surface area (Å²) in [6, 6.07) is 0. The molecule has 11 nitrogen and oxygen atoms in total. The highest BCUT2D eigenvalue weighted by Gasteiger charge is 2.47. The molecule has 11 heteroatoms. The van der Waals surface area contributed by atoms with Gasteiger partial charge in [-0.25, -0.2) is 4.79 Å². The molecule has 380 valence electrons. The molecule has 0 radical (unpaired) electrons. The molecule has 1 aliphatic rings. The third kappa shape index (κ3) is 35.1. The summed E-state index contributed by atoms with van der Waals surface area (Å²) in [6.07, 6.45) is 47.1. The van der Waals surface area contributed by atoms with Crippen LogP contribution in [0.1, 0.15) is 219 Å². The molecule has 1 heterocycles. The monoisotopic (exact) mass is 931 g/mol. The maximum atomic E-state index is 12.8. The average molecular weight is 931 g/mol. The van der Waals surface area contributed by atoms with Gasteiger partial charge in [0.2, 0.25) is 0 Å². The van der Waals surface area contributed by atoms with Crippen molar-refractivity contribution in [2.45, 2.75) is 256 Å². The van der Waals surface area contributed by atoms with Gasteiger partial charge >= 0.3 is 17.9 Å². The molecule has 6 atom stereocenters. The number of esters is 2. The van der Waals surface area contributed by atoms with Crippen LogP contribution in [0.3, 0.4) is 0 Å². The molecule has 0 aromatic carbocycles. The van der Waals surface area contributed by atoms with Crippen LogP contribution in [0.5, 0.6) is 0 Å². The number of carbonyl (C=O) groups excluding carboxylic acids is 2. The third-order valence-corrected chi connectivity index (χ3v) is 11.9. The van der Waals surface area contributed by atoms with Crippen LogP contribution < -0.4 is 0 Å². The quantitative estimate of drug-likeness (QED) is 0.0261. The molecule has 0 spiro atoms. The molecule has 6 unspecified atom stereocenters. The Balaban J connectivity index is 2.30. The molecule has 0 aromatic rings. The number of ether oxygens (including phenoxy) is 4. The second-order valence-electron chi connectivity index (χ2n) is 18.0. The molecule has 0 aliphatic carbocycles. The zero-order valence-corrected chi connectivity index (χ0v) is 41.4. The molecule has 0 saturated carbocycles. The summed E-state index contributed by atoms with van der Waals surface area (Å²) in [5.41, 5.74) is 0. The minimum atomic E-state index is -1.87. The normalized spacial score (nSPS) is 19.6. The van der Waals surface area contributed by atoms with Crippen LogP contribution in [0, 0.1) is 0 Å². The Morgan fingerprint density at radius 2 is 0.894 bits per heavy atom. The van der Waals surface area contributed by atoms with Gasteiger partial charge < -0.3 is 39.4 Å². The summed E-state index contributed by atoms with van der Waals surface area (Å²) >= 11 is 0. The summed E-state index contributed by atoms with van der Waals surface area (Å²) < 4.78 is 21.8. The van der Waals surface area contributed by atoms with Crippen molar-refractivity contribution >= 4 is 17.9 Å². The van der Waals surface area contributed by atoms with Crippen molar-refractivity contribution in [1.29, 1.82) is 0 Å². The number of carboxylic acid groups (broad SMARTS) is 1. The van der Waals surface area contributed by atoms with Gasteiger partial charge in [-0.3, -0.25) is 9.59 Å². The molecule has 1 fully saturated rings. The number of aliphatic hydroxyl groups excluding tert-OH is 3. The van der Waals surface area contributed by atoms with E-state index in [9.17, 15) is 34.8 Å². The van der Waals surface area contributed by atoms with E-state index in [0.29, 0.717) is 19.3 Å². The first-order chi connectivity index (χ1) is 32.2. The highest BCUT2D eigenvalue weighted by molar-refractivity contribution is 5.73. The van der Waals surface area contributed by atoms with Crippen LogP contribution in [-0.2, 0) is 33.3 Å². The number of hydrogen-bond acceptors (Lipinski definition) is 10. The number of rotatable bonds is 44. The first-order valence-corrected chi connectivity index (χ1v) is 26.3. The van der Waals surface area contributed by atoms with E-state index in [1.165, 1.54) is 122 Å². The van der Waals surface area contributed by atoms with Crippen molar-refractivity contribution in [2.75, 3.05) is 13.2 Å². The zero-order valence-electron chi connectivity index (χ0n) is 41.4. The molecule has 0 bridgehead atoms. The van der Waals surface area contributed by atoms with Gasteiger partial charge in [-0.2, -0.15) is 0 Å². The molecular formula is C55H94O11. The van der Waals surface area contributed by atoms with Crippen LogP contribution in [0.4, 0.5) is 0 Å². The van der Waals surface area contributed by atoms with Gasteiger partial charge in [0.05, 0.1) is 6.61 Å². The zero-order chi connectivity index (χ0) is 48.1. The Morgan fingerprint density at radius 1 is 0.485 bits per heavy atom. The first-order valence-electron chi connectivity index (χ1n) is 26.3. The van der Waals surface area contributed by atoms with E-state index >= 15 is 0 Å². The SMILES string of the molecule is CC/C=C\C/C=C\C/C=C\C/C=C\C/C=C\CCCC(=O)OCC(COC1OC(C(=O)O)C(O)C(O)C1O)OC(=O)CCCCCCCCCCCCCCCCCCCCCCCCC. The van der Waals surface area contributed by atoms with Gasteiger partial charge in [-0.05, 0) is 51.4 Å². The van der Waals surface area contributed by atoms with Crippen molar-refractivity contribution in [1.82, 2.24) is 0 Å². The molecule has 1 aliphatic heterocycles. The fourth-order valence-electron chi connectivity index (χ4n) is 7.80. The second-order valence-corrected chi connectivity index (χ2v) is 18.0. The predicted octanol–water partition coefficient (Wildman–Crippen LogP) is 12.7. The van der Waals surface area contributed by atoms with Crippen molar-refractivity contribution < 1.29 is 53.8 Å². The van der Waals surface area contributed by atoms with E-state index in [2.05, 4.69) is 68.5 Å². The van der Waals surface area contributed by atoms with Crippen LogP contribution in [0.15, 0.2) is 60.8 Å². The molecule has 0 amide bonds. The topological polar surface area (TPSA) is 169 Å². The minimum absolute atomic E-state index is 0.157. The van der Waals surface area contributed by atoms with E-state index in [1.807, 2.05) is 6.08 Å². The van der Waals surface area contributed by atoms with Crippen molar-refractivity contribution in [3.05, 3.63) is 60.8 Å². The Morgan fingerprint density at radius 3 is 1.33 bits per heavy atom. The fourth-order valence-corrected chi connectivity index (χ4v) is 7.80. The van der Waals surface area contributed by atoms with Crippen LogP contribution >= 0.6 is 0 Å². The summed E-state index contributed by atoms with van der Waals surface area (Å²) in [7, 11) is 0. The third-order valence-electron chi connectivity index (χ3n) is 11.9. The molecule has 66 heavy (non-hydrogen) atoms. The first kappa shape index (κ1) is 60.9. The highest BCUT2D eigenvalue weighted by atomic mass is 16.7. The number of carboxylic acids is 1. The standard InChI is InChI=1S/C55H94O11/c1-3-5-7-9-11-13-15-17-19-21-22-23-24-25-26-28-30-32-34-36-38-40-42-44-49(57)65-47(46-64-55-52(60)50(58)51(59)53(66-55)54(61)62)45-63-48(56)43-41-39-37-35-33-31-29-27-20-18-16-14-12-10-8-6-4-2/h6,8,12,14,18,20,29,31,35,37,47,50-53,55,58-60H,3-5,7,9-11,13,15-17,19,21-28,30,32-34,36,38-46H2,1-2H3,(H,61,62)/b8-6-,14-12-,20-18-,31-29-,37-35-. The average Bonchev–Trinajstić information content (AvgIpc) is 3.30. The summed E-state index contributed by atoms with van der Waals surface area (Å²) in [5.74, 6) is -2.51. The van der Waals surface area contributed by atoms with E-state index < -0.39 is 61.3 Å². The van der Waals surface area contributed by atoms with E-state index in [-0.39, 0.29) is 19.4 Å². The number of unbranched alkanes of at least 4 members (excludes halogenated alkanes) is 23. The predicted molar refractivity (Wildman–Crippen MR) is 266 cm³/mol. The van der Waals surface area contributed by atoms with E-state index in [4.69, 9.17) is 18.9 Å². The van der Waals surface area contributed by atoms with Gasteiger partial charge in [0.15, 0.2) is 18.5 Å². The maximum absolute atomic E-state index is 12.8. The smallest absolute Gasteiger partial charge is 0.335 e. The Kier molecular flexibility index (Phi) is 41.0. The van der Waals surface area contributed by atoms with Crippen LogP contribution in [0.2, 0.25) is 0 Å². The maximum Gasteiger partial charge on any atom is 0.335 e. The lowest BCUT2D eigenvalue weighted by Crippen LogP contribution is -2.60. The van der Waals surface area contributed by atoms with Gasteiger partial charge in [-0.1, -0.05) is 216 Å². The Bertz CT molecular complexity index is 1320. The lowest BCUT2D eigenvalue weighted by atomic mass is 9.99. The fraction of sp³-hybridized carbons (Fsp3) is 0.764. The summed E-state index contributed by atoms with van der Waals surface area (Å²) in [5, 5.41) is 39.9. The number of aliphatic hydroxyl groups is 3. The Labute approximate surface area is 400 Å². The van der Waals surface area contributed by atoms with Crippen LogP contribution in [0.25, 0.3) is 0 Å². The number of carbonyl (C=O) groups is 3. The van der Waals surface area contributed by atoms with E-state index in [1.54, 1.807) is 0 Å². The van der Waals surface area contributed by atoms with Gasteiger partial charge in [-0.15, -0.1) is 0 Å². The van der Waals surface area contributed by atoms with Crippen molar-refractivity contribution in [3.8, 4) is 0 Å². The van der Waals surface area contributed by atoms with Crippen molar-refractivity contribution in [3.63, 3.8) is 0 Å². The largest absolute Gasteiger partial charge is 0.479 e. The molecule has 0 aromatic heterocycles. The van der Waals surface area contributed by atoms with Gasteiger partial charge in [0, 0.05) is 12.8 Å². The van der Waals surface area contributed by atoms with Gasteiger partial charge in [0.25, 0.3) is 0 Å². The number of allylic oxidation sites excluding steroid dienone is 10. The lowest BCUT2D eigenvalue weighted by molar-refractivity contribution is -0.298. The minimum Gasteiger partial charge on any atom is -0.479 e. The highest BCUT2D eigenvalue weighted by Crippen LogP contribution is 2.23. The number of aliphatic carboxylic acids is 1. The van der Waals surface area contributed by atoms with Crippen LogP contribution in [-0.4, -0.2) is 88.4 Å². The second kappa shape index (κ2) is 44.4. The van der Waals surface area contributed by atoms with Crippen molar-refractivity contribution in [2.24, 2.45) is 0 Å². The Hall–Kier alpha value is -3.09. The lowest BCUT2D eigenvalue weighted by Gasteiger charge is -2.38. The number of hydrogen-bond donors (Lipinski definition) is 4. The molecule has 1 saturated heterocycles. The van der Waals surface area contributed by atoms with Gasteiger partial charge in [0.1, 0.15) is 24.9 Å². The molecular weight excluding hydrogens is 837 g/mol. The van der Waals surface area contributed by atoms with E-state index in [0.717, 1.165) is 51.4 Å². The molecule has 4 N–H and O–H groups in total. The summed E-state index contributed by atoms with van der Waals surface area (Å²) in [4.78, 5) is 37.0.